The second kappa shape index (κ2) is 16.5. The quantitative estimate of drug-likeness (QED) is 0.192. The number of carboxylic acid groups (broad SMARTS) is 1. The molecule has 14 nitrogen and oxygen atoms in total. The predicted octanol–water partition coefficient (Wildman–Crippen LogP) is 5.76. The van der Waals surface area contributed by atoms with Crippen LogP contribution in [0.15, 0.2) is 60.1 Å². The molecule has 19 heteroatoms. The van der Waals surface area contributed by atoms with Crippen LogP contribution >= 0.6 is 11.3 Å². The van der Waals surface area contributed by atoms with Crippen molar-refractivity contribution in [1.82, 2.24) is 30.2 Å². The summed E-state index contributed by atoms with van der Waals surface area (Å²) < 4.78 is 74.5. The van der Waals surface area contributed by atoms with E-state index < -0.39 is 86.4 Å². The molecule has 7 atom stereocenters. The van der Waals surface area contributed by atoms with Crippen LogP contribution < -0.4 is 20.1 Å². The number of nitrogens with zero attached hydrogens (tertiary/aromatic N) is 3. The van der Waals surface area contributed by atoms with Gasteiger partial charge in [0.15, 0.2) is 0 Å². The number of carbonyl (C=O) groups is 4. The first kappa shape index (κ1) is 42.1. The molecule has 0 bridgehead atoms. The van der Waals surface area contributed by atoms with E-state index in [1.165, 1.54) is 34.4 Å². The van der Waals surface area contributed by atoms with Crippen molar-refractivity contribution < 1.29 is 50.6 Å². The normalized spacial score (nSPS) is 27.7. The van der Waals surface area contributed by atoms with E-state index in [4.69, 9.17) is 4.74 Å². The molecule has 0 spiro atoms. The molecule has 7 rings (SSSR count). The highest BCUT2D eigenvalue weighted by Gasteiger charge is 2.62. The van der Waals surface area contributed by atoms with Crippen LogP contribution in [0.5, 0.6) is 5.75 Å². The molecule has 4 aliphatic rings. The second-order valence-electron chi connectivity index (χ2n) is 15.9. The van der Waals surface area contributed by atoms with E-state index in [9.17, 15) is 45.9 Å². The zero-order valence-electron chi connectivity index (χ0n) is 32.3. The van der Waals surface area contributed by atoms with Gasteiger partial charge in [-0.25, -0.2) is 23.2 Å². The van der Waals surface area contributed by atoms with Gasteiger partial charge >= 0.3 is 12.3 Å². The zero-order chi connectivity index (χ0) is 42.3. The lowest BCUT2D eigenvalue weighted by molar-refractivity contribution is -0.142. The number of ether oxygens (including phenoxy) is 1. The van der Waals surface area contributed by atoms with Gasteiger partial charge in [0, 0.05) is 41.6 Å². The first-order chi connectivity index (χ1) is 28.0. The minimum absolute atomic E-state index is 0.0689. The van der Waals surface area contributed by atoms with Gasteiger partial charge in [0.25, 0.3) is 5.91 Å². The van der Waals surface area contributed by atoms with E-state index >= 15 is 0 Å². The fraction of sp³-hybridized carbons (Fsp3) is 0.500. The Morgan fingerprint density at radius 1 is 1.10 bits per heavy atom. The number of thiazole rings is 1. The molecule has 0 unspecified atom stereocenters. The van der Waals surface area contributed by atoms with Crippen molar-refractivity contribution in [2.45, 2.75) is 100 Å². The third-order valence-electron chi connectivity index (χ3n) is 11.5. The molecular weight excluding hydrogens is 814 g/mol. The lowest BCUT2D eigenvalue weighted by Gasteiger charge is -2.33. The number of hydrogen-bond donors (Lipinski definition) is 4. The van der Waals surface area contributed by atoms with Gasteiger partial charge in [0.05, 0.1) is 23.1 Å². The minimum atomic E-state index is -4.55. The maximum atomic E-state index is 14.6. The Morgan fingerprint density at radius 2 is 1.83 bits per heavy atom. The van der Waals surface area contributed by atoms with Crippen LogP contribution in [0.25, 0.3) is 22.0 Å². The maximum Gasteiger partial charge on any atom is 0.416 e. The summed E-state index contributed by atoms with van der Waals surface area (Å²) in [6, 6.07) is 5.10. The first-order valence-electron chi connectivity index (χ1n) is 19.6. The summed E-state index contributed by atoms with van der Waals surface area (Å²) in [7, 11) is -3.97. The molecule has 2 aliphatic carbocycles. The van der Waals surface area contributed by atoms with E-state index in [1.54, 1.807) is 17.6 Å². The van der Waals surface area contributed by atoms with Gasteiger partial charge < -0.3 is 25.4 Å². The largest absolute Gasteiger partial charge is 0.488 e. The maximum absolute atomic E-state index is 14.6. The van der Waals surface area contributed by atoms with Gasteiger partial charge in [-0.05, 0) is 62.5 Å². The van der Waals surface area contributed by atoms with Crippen LogP contribution in [0, 0.1) is 17.8 Å². The van der Waals surface area contributed by atoms with Crippen molar-refractivity contribution in [2.24, 2.45) is 17.8 Å². The fourth-order valence-corrected chi connectivity index (χ4v) is 10.0. The number of carbonyl (C=O) groups excluding carboxylic acids is 3. The molecule has 0 radical (unpaired) electrons. The molecule has 4 amide bonds. The van der Waals surface area contributed by atoms with Gasteiger partial charge in [-0.15, -0.1) is 11.3 Å². The summed E-state index contributed by atoms with van der Waals surface area (Å²) in [5, 5.41) is 16.7. The number of pyridine rings is 1. The number of halogens is 3. The monoisotopic (exact) mass is 858 g/mol. The van der Waals surface area contributed by atoms with Crippen LogP contribution in [-0.4, -0.2) is 87.7 Å². The number of alkyl halides is 3. The number of amides is 4. The summed E-state index contributed by atoms with van der Waals surface area (Å²) in [4.78, 5) is 65.3. The summed E-state index contributed by atoms with van der Waals surface area (Å²) in [6.07, 6.45) is 1.56. The summed E-state index contributed by atoms with van der Waals surface area (Å²) in [6.45, 7) is 3.69. The van der Waals surface area contributed by atoms with Crippen LogP contribution in [0.3, 0.4) is 0 Å². The summed E-state index contributed by atoms with van der Waals surface area (Å²) in [5.41, 5.74) is -1.45. The molecule has 59 heavy (non-hydrogen) atoms. The molecule has 2 saturated carbocycles. The molecular formula is C40H45F3N6O8S2. The van der Waals surface area contributed by atoms with E-state index in [1.807, 2.05) is 26.0 Å². The predicted molar refractivity (Wildman–Crippen MR) is 210 cm³/mol. The van der Waals surface area contributed by atoms with Crippen molar-refractivity contribution in [3.05, 3.63) is 65.7 Å². The average molecular weight is 859 g/mol. The van der Waals surface area contributed by atoms with Crippen LogP contribution in [0.1, 0.15) is 70.8 Å². The van der Waals surface area contributed by atoms with E-state index in [-0.39, 0.29) is 36.7 Å². The smallest absolute Gasteiger partial charge is 0.416 e. The SMILES string of the molecule is CC[C@@H]1C[C@H](C)CCC=C[C@@H]2C[C@@]2(C(=O)NS(=O)(=O)C2CC2)NC(=O)[C@@H]2C[C@@H](Oc3cc(-c4ccc(C(F)(F)F)cc4)nc(-c4nccs4)c3)CN2C(=O)[C@H]1NC(=O)O. The Hall–Kier alpha value is -5.04. The third kappa shape index (κ3) is 9.40. The van der Waals surface area contributed by atoms with Crippen LogP contribution in [-0.2, 0) is 30.6 Å². The van der Waals surface area contributed by atoms with Gasteiger partial charge in [0.2, 0.25) is 21.8 Å². The summed E-state index contributed by atoms with van der Waals surface area (Å²) in [5.74, 6) is -2.93. The number of allylic oxidation sites excluding steroid dienone is 1. The van der Waals surface area contributed by atoms with Crippen molar-refractivity contribution in [3.8, 4) is 27.7 Å². The van der Waals surface area contributed by atoms with Gasteiger partial charge in [-0.1, -0.05) is 44.6 Å². The molecule has 1 aromatic carbocycles. The highest BCUT2D eigenvalue weighted by Crippen LogP contribution is 2.46. The Bertz CT molecular complexity index is 2220. The van der Waals surface area contributed by atoms with E-state index in [0.717, 1.165) is 12.1 Å². The Labute approximate surface area is 343 Å². The minimum Gasteiger partial charge on any atom is -0.488 e. The van der Waals surface area contributed by atoms with Crippen molar-refractivity contribution in [2.75, 3.05) is 6.54 Å². The number of aromatic nitrogens is 2. The topological polar surface area (TPSA) is 197 Å². The molecule has 316 valence electrons. The van der Waals surface area contributed by atoms with E-state index in [0.29, 0.717) is 54.8 Å². The average Bonchev–Trinajstić information content (AvgIpc) is 4.05. The van der Waals surface area contributed by atoms with Crippen molar-refractivity contribution in [3.63, 3.8) is 0 Å². The number of benzene rings is 1. The summed E-state index contributed by atoms with van der Waals surface area (Å²) >= 11 is 1.28. The van der Waals surface area contributed by atoms with Gasteiger partial charge in [-0.2, -0.15) is 13.2 Å². The second-order valence-corrected chi connectivity index (χ2v) is 18.7. The molecule has 3 aromatic rings. The lowest BCUT2D eigenvalue weighted by Crippen LogP contribution is -2.59. The molecule has 2 aliphatic heterocycles. The lowest BCUT2D eigenvalue weighted by atomic mass is 9.85. The van der Waals surface area contributed by atoms with Gasteiger partial charge in [0.1, 0.15) is 40.2 Å². The zero-order valence-corrected chi connectivity index (χ0v) is 33.9. The molecule has 3 fully saturated rings. The number of hydrogen-bond acceptors (Lipinski definition) is 10. The fourth-order valence-electron chi connectivity index (χ4n) is 8.05. The van der Waals surface area contributed by atoms with Gasteiger partial charge in [-0.3, -0.25) is 19.1 Å². The third-order valence-corrected chi connectivity index (χ3v) is 14.1. The molecule has 4 heterocycles. The standard InChI is InChI=1S/C40H45F3N6O8S2/c1-3-23-16-22(2)6-4-5-7-26-20-39(26,37(52)48-59(55,56)29-12-13-29)47-34(50)32-19-28(21-49(32)36(51)33(23)46-38(53)54)57-27-17-30(45-31(18-27)35-44-14-15-58-35)24-8-10-25(11-9-24)40(41,42)43/h5,7-11,14-15,17-18,22-23,26,28-29,32-33,46H,3-4,6,12-13,16,19-21H2,1-2H3,(H,47,50)(H,48,52)(H,53,54)/t22-,23-,26-,28-,32+,33+,39-/m1/s1. The Morgan fingerprint density at radius 3 is 2.47 bits per heavy atom. The number of rotatable bonds is 9. The van der Waals surface area contributed by atoms with Crippen LogP contribution in [0.4, 0.5) is 18.0 Å². The molecule has 4 N–H and O–H groups in total. The van der Waals surface area contributed by atoms with Crippen molar-refractivity contribution in [1.29, 1.82) is 0 Å². The molecule has 2 aromatic heterocycles. The Kier molecular flexibility index (Phi) is 11.8. The highest BCUT2D eigenvalue weighted by atomic mass is 32.2. The van der Waals surface area contributed by atoms with E-state index in [2.05, 4.69) is 25.3 Å². The van der Waals surface area contributed by atoms with Crippen molar-refractivity contribution >= 4 is 45.2 Å². The Balaban J connectivity index is 1.23. The first-order valence-corrected chi connectivity index (χ1v) is 22.0. The molecule has 1 saturated heterocycles. The number of sulfonamides is 1. The number of nitrogens with one attached hydrogen (secondary N) is 3. The highest BCUT2D eigenvalue weighted by molar-refractivity contribution is 7.91. The van der Waals surface area contributed by atoms with Crippen LogP contribution in [0.2, 0.25) is 0 Å². The number of fused-ring (bicyclic) bond motifs is 2.